The third-order valence-electron chi connectivity index (χ3n) is 5.12. The van der Waals surface area contributed by atoms with Gasteiger partial charge >= 0.3 is 0 Å². The van der Waals surface area contributed by atoms with E-state index in [0.29, 0.717) is 5.75 Å². The Labute approximate surface area is 165 Å². The first-order valence-corrected chi connectivity index (χ1v) is 10.3. The Balaban J connectivity index is 1.50. The first-order valence-electron chi connectivity index (χ1n) is 9.28. The monoisotopic (exact) mass is 382 g/mol. The van der Waals surface area contributed by atoms with Gasteiger partial charge in [0.25, 0.3) is 0 Å². The van der Waals surface area contributed by atoms with Crippen LogP contribution in [0.1, 0.15) is 28.7 Å². The Morgan fingerprint density at radius 2 is 1.89 bits per heavy atom. The molecule has 2 aromatic carbocycles. The van der Waals surface area contributed by atoms with Crippen molar-refractivity contribution in [2.24, 2.45) is 0 Å². The number of hydrogen-bond donors (Lipinski definition) is 1. The number of hydrogen-bond acceptors (Lipinski definition) is 3. The van der Waals surface area contributed by atoms with E-state index in [4.69, 9.17) is 0 Å². The number of rotatable bonds is 6. The van der Waals surface area contributed by atoms with Gasteiger partial charge in [0, 0.05) is 17.6 Å². The van der Waals surface area contributed by atoms with Crippen LogP contribution in [0.2, 0.25) is 0 Å². The number of carbonyl (C=O) groups excluding carboxylic acids is 2. The summed E-state index contributed by atoms with van der Waals surface area (Å²) in [7, 11) is 1.67. The van der Waals surface area contributed by atoms with Crippen molar-refractivity contribution < 1.29 is 9.59 Å². The van der Waals surface area contributed by atoms with Gasteiger partial charge < -0.3 is 10.2 Å². The zero-order chi connectivity index (χ0) is 19.4. The van der Waals surface area contributed by atoms with Gasteiger partial charge in [-0.25, -0.2) is 0 Å². The summed E-state index contributed by atoms with van der Waals surface area (Å²) in [6.45, 7) is 4.04. The Bertz CT molecular complexity index is 863. The minimum absolute atomic E-state index is 0.0448. The maximum Gasteiger partial charge on any atom is 0.243 e. The number of likely N-dealkylation sites (N-methyl/N-ethyl adjacent to an activating group) is 1. The normalized spacial score (nSPS) is 12.6. The van der Waals surface area contributed by atoms with E-state index in [1.54, 1.807) is 7.05 Å². The van der Waals surface area contributed by atoms with Gasteiger partial charge in [-0.1, -0.05) is 18.2 Å². The quantitative estimate of drug-likeness (QED) is 0.769. The molecule has 4 nitrogen and oxygen atoms in total. The highest BCUT2D eigenvalue weighted by atomic mass is 32.2. The van der Waals surface area contributed by atoms with Crippen LogP contribution in [0.3, 0.4) is 0 Å². The van der Waals surface area contributed by atoms with Crippen molar-refractivity contribution in [1.29, 1.82) is 0 Å². The van der Waals surface area contributed by atoms with E-state index in [2.05, 4.69) is 23.5 Å². The molecule has 2 aromatic rings. The van der Waals surface area contributed by atoms with Gasteiger partial charge in [-0.05, 0) is 73.6 Å². The Morgan fingerprint density at radius 1 is 1.11 bits per heavy atom. The van der Waals surface area contributed by atoms with Crippen LogP contribution in [0.5, 0.6) is 0 Å². The summed E-state index contributed by atoms with van der Waals surface area (Å²) in [5.41, 5.74) is 5.82. The summed E-state index contributed by atoms with van der Waals surface area (Å²) in [6, 6.07) is 12.3. The molecular weight excluding hydrogens is 356 g/mol. The molecule has 1 aliphatic rings. The smallest absolute Gasteiger partial charge is 0.243 e. The van der Waals surface area contributed by atoms with Crippen molar-refractivity contribution in [2.75, 3.05) is 24.7 Å². The summed E-state index contributed by atoms with van der Waals surface area (Å²) in [5.74, 6) is 0.116. The summed E-state index contributed by atoms with van der Waals surface area (Å²) < 4.78 is 0. The molecule has 1 N–H and O–H groups in total. The van der Waals surface area contributed by atoms with Crippen LogP contribution in [-0.2, 0) is 22.4 Å². The van der Waals surface area contributed by atoms with Gasteiger partial charge in [0.05, 0.1) is 12.3 Å². The van der Waals surface area contributed by atoms with Gasteiger partial charge in [-0.15, -0.1) is 11.8 Å². The average Bonchev–Trinajstić information content (AvgIpc) is 3.11. The molecule has 0 saturated heterocycles. The maximum atomic E-state index is 12.4. The molecule has 0 radical (unpaired) electrons. The number of nitrogens with one attached hydrogen (secondary N) is 1. The summed E-state index contributed by atoms with van der Waals surface area (Å²) in [4.78, 5) is 27.3. The third-order valence-corrected chi connectivity index (χ3v) is 6.10. The van der Waals surface area contributed by atoms with E-state index in [0.717, 1.165) is 34.6 Å². The lowest BCUT2D eigenvalue weighted by atomic mass is 10.1. The molecule has 1 aliphatic carbocycles. The molecule has 0 atom stereocenters. The molecule has 0 spiro atoms. The summed E-state index contributed by atoms with van der Waals surface area (Å²) in [6.07, 6.45) is 3.52. The van der Waals surface area contributed by atoms with Gasteiger partial charge in [-0.3, -0.25) is 9.59 Å². The molecule has 142 valence electrons. The number of carbonyl (C=O) groups is 2. The summed E-state index contributed by atoms with van der Waals surface area (Å²) in [5, 5.41) is 2.90. The zero-order valence-electron chi connectivity index (χ0n) is 16.2. The van der Waals surface area contributed by atoms with Gasteiger partial charge in [0.1, 0.15) is 0 Å². The van der Waals surface area contributed by atoms with Crippen molar-refractivity contribution in [3.8, 4) is 0 Å². The lowest BCUT2D eigenvalue weighted by molar-refractivity contribution is -0.131. The molecule has 0 unspecified atom stereocenters. The lowest BCUT2D eigenvalue weighted by Crippen LogP contribution is -2.36. The van der Waals surface area contributed by atoms with Crippen molar-refractivity contribution >= 4 is 29.3 Å². The van der Waals surface area contributed by atoms with E-state index in [-0.39, 0.29) is 18.4 Å². The molecular formula is C22H26N2O2S. The van der Waals surface area contributed by atoms with Gasteiger partial charge in [-0.2, -0.15) is 0 Å². The number of benzene rings is 2. The van der Waals surface area contributed by atoms with Gasteiger partial charge in [0.2, 0.25) is 11.8 Å². The van der Waals surface area contributed by atoms with Crippen molar-refractivity contribution in [3.05, 3.63) is 58.7 Å². The molecule has 3 rings (SSSR count). The van der Waals surface area contributed by atoms with Crippen molar-refractivity contribution in [2.45, 2.75) is 38.0 Å². The topological polar surface area (TPSA) is 49.4 Å². The minimum Gasteiger partial charge on any atom is -0.336 e. The molecule has 0 bridgehead atoms. The number of anilines is 1. The van der Waals surface area contributed by atoms with Crippen LogP contribution in [0.4, 0.5) is 5.69 Å². The van der Waals surface area contributed by atoms with Crippen LogP contribution in [-0.4, -0.2) is 36.1 Å². The molecule has 0 aliphatic heterocycles. The van der Waals surface area contributed by atoms with Crippen LogP contribution in [0.25, 0.3) is 0 Å². The van der Waals surface area contributed by atoms with E-state index >= 15 is 0 Å². The first-order chi connectivity index (χ1) is 12.9. The van der Waals surface area contributed by atoms with E-state index in [9.17, 15) is 9.59 Å². The Hall–Kier alpha value is -2.27. The molecule has 27 heavy (non-hydrogen) atoms. The first kappa shape index (κ1) is 19.5. The van der Waals surface area contributed by atoms with Crippen LogP contribution in [0, 0.1) is 13.8 Å². The molecule has 0 saturated carbocycles. The predicted molar refractivity (Wildman–Crippen MR) is 111 cm³/mol. The number of aryl methyl sites for hydroxylation is 3. The lowest BCUT2D eigenvalue weighted by Gasteiger charge is -2.17. The molecule has 0 heterocycles. The number of thioether (sulfide) groups is 1. The average molecular weight is 383 g/mol. The molecule has 5 heteroatoms. The predicted octanol–water partition coefficient (Wildman–Crippen LogP) is 3.98. The van der Waals surface area contributed by atoms with Crippen molar-refractivity contribution in [1.82, 2.24) is 4.90 Å². The second-order valence-corrected chi connectivity index (χ2v) is 8.17. The fraction of sp³-hybridized carbons (Fsp3) is 0.364. The summed E-state index contributed by atoms with van der Waals surface area (Å²) >= 11 is 1.54. The number of amides is 2. The SMILES string of the molecule is Cc1cccc(NC(=O)CN(C)C(=O)CSc2ccc3c(c2)CCC3)c1C. The van der Waals surface area contributed by atoms with Gasteiger partial charge in [0.15, 0.2) is 0 Å². The van der Waals surface area contributed by atoms with E-state index < -0.39 is 0 Å². The number of fused-ring (bicyclic) bond motifs is 1. The standard InChI is InChI=1S/C22H26N2O2S/c1-15-6-4-9-20(16(15)2)23-21(25)13-24(3)22(26)14-27-19-11-10-17-7-5-8-18(17)12-19/h4,6,9-12H,5,7-8,13-14H2,1-3H3,(H,23,25). The highest BCUT2D eigenvalue weighted by Gasteiger charge is 2.15. The zero-order valence-corrected chi connectivity index (χ0v) is 17.0. The highest BCUT2D eigenvalue weighted by molar-refractivity contribution is 8.00. The maximum absolute atomic E-state index is 12.4. The number of nitrogens with zero attached hydrogens (tertiary/aromatic N) is 1. The molecule has 2 amide bonds. The van der Waals surface area contributed by atoms with Crippen LogP contribution in [0.15, 0.2) is 41.3 Å². The van der Waals surface area contributed by atoms with E-state index in [1.807, 2.05) is 32.0 Å². The van der Waals surface area contributed by atoms with E-state index in [1.165, 1.54) is 34.2 Å². The fourth-order valence-electron chi connectivity index (χ4n) is 3.27. The highest BCUT2D eigenvalue weighted by Crippen LogP contribution is 2.27. The van der Waals surface area contributed by atoms with Crippen LogP contribution >= 0.6 is 11.8 Å². The second-order valence-electron chi connectivity index (χ2n) is 7.12. The fourth-order valence-corrected chi connectivity index (χ4v) is 4.17. The second kappa shape index (κ2) is 8.61. The Morgan fingerprint density at radius 3 is 2.70 bits per heavy atom. The minimum atomic E-state index is -0.179. The third kappa shape index (κ3) is 4.92. The molecule has 0 fully saturated rings. The van der Waals surface area contributed by atoms with Crippen LogP contribution < -0.4 is 5.32 Å². The Kier molecular flexibility index (Phi) is 6.22. The largest absolute Gasteiger partial charge is 0.336 e. The van der Waals surface area contributed by atoms with Crippen molar-refractivity contribution in [3.63, 3.8) is 0 Å². The molecule has 0 aromatic heterocycles.